The molecule has 1 aromatic carbocycles. The molecule has 0 aliphatic carbocycles. The third-order valence-electron chi connectivity index (χ3n) is 5.00. The molecule has 7 nitrogen and oxygen atoms in total. The van der Waals surface area contributed by atoms with Crippen LogP contribution in [-0.2, 0) is 11.3 Å². The van der Waals surface area contributed by atoms with Crippen molar-refractivity contribution in [2.24, 2.45) is 0 Å². The van der Waals surface area contributed by atoms with E-state index in [0.29, 0.717) is 32.6 Å². The van der Waals surface area contributed by atoms with Gasteiger partial charge in [0.2, 0.25) is 11.9 Å². The molecule has 0 saturated carbocycles. The number of carbonyl (C=O) groups is 1. The van der Waals surface area contributed by atoms with Crippen molar-refractivity contribution in [3.05, 3.63) is 66.7 Å². The van der Waals surface area contributed by atoms with Crippen molar-refractivity contribution >= 4 is 11.9 Å². The van der Waals surface area contributed by atoms with Crippen LogP contribution in [0.15, 0.2) is 65.3 Å². The molecular formula is C22H25N5O2. The van der Waals surface area contributed by atoms with E-state index in [-0.39, 0.29) is 5.91 Å². The molecular weight excluding hydrogens is 366 g/mol. The zero-order valence-electron chi connectivity index (χ0n) is 16.3. The highest BCUT2D eigenvalue weighted by Crippen LogP contribution is 2.21. The van der Waals surface area contributed by atoms with Gasteiger partial charge in [0.1, 0.15) is 11.5 Å². The number of benzene rings is 1. The average Bonchev–Trinajstić information content (AvgIpc) is 3.27. The summed E-state index contributed by atoms with van der Waals surface area (Å²) in [5.41, 5.74) is 1.06. The van der Waals surface area contributed by atoms with Gasteiger partial charge in [-0.1, -0.05) is 30.3 Å². The second-order valence-corrected chi connectivity index (χ2v) is 6.98. The highest BCUT2D eigenvalue weighted by atomic mass is 16.3. The van der Waals surface area contributed by atoms with Crippen molar-refractivity contribution in [3.8, 4) is 11.3 Å². The van der Waals surface area contributed by atoms with Gasteiger partial charge in [-0.25, -0.2) is 9.97 Å². The summed E-state index contributed by atoms with van der Waals surface area (Å²) in [6, 6.07) is 15.8. The predicted octanol–water partition coefficient (Wildman–Crippen LogP) is 2.57. The topological polar surface area (TPSA) is 74.5 Å². The fraction of sp³-hybridized carbons (Fsp3) is 0.318. The summed E-state index contributed by atoms with van der Waals surface area (Å²) in [5.74, 6) is 2.64. The summed E-state index contributed by atoms with van der Waals surface area (Å²) >= 11 is 0. The molecule has 1 amide bonds. The molecule has 0 atom stereocenters. The number of amides is 1. The molecule has 3 aromatic rings. The van der Waals surface area contributed by atoms with Crippen LogP contribution in [0.25, 0.3) is 11.3 Å². The van der Waals surface area contributed by atoms with Crippen molar-refractivity contribution in [1.82, 2.24) is 20.2 Å². The van der Waals surface area contributed by atoms with E-state index in [1.807, 2.05) is 53.4 Å². The van der Waals surface area contributed by atoms with Gasteiger partial charge in [-0.2, -0.15) is 0 Å². The van der Waals surface area contributed by atoms with Gasteiger partial charge in [-0.15, -0.1) is 0 Å². The summed E-state index contributed by atoms with van der Waals surface area (Å²) in [7, 11) is 0. The van der Waals surface area contributed by atoms with Crippen LogP contribution in [0.4, 0.5) is 5.95 Å². The maximum absolute atomic E-state index is 12.5. The van der Waals surface area contributed by atoms with Crippen LogP contribution < -0.4 is 10.2 Å². The quantitative estimate of drug-likeness (QED) is 0.624. The third-order valence-corrected chi connectivity index (χ3v) is 5.00. The van der Waals surface area contributed by atoms with Gasteiger partial charge in [-0.05, 0) is 18.2 Å². The SMILES string of the molecule is O=C(CCNCc1ccc(-c2ccccc2)o1)N1CCN(c2ncccn2)CC1. The zero-order chi connectivity index (χ0) is 19.9. The smallest absolute Gasteiger partial charge is 0.225 e. The lowest BCUT2D eigenvalue weighted by molar-refractivity contribution is -0.131. The van der Waals surface area contributed by atoms with Crippen molar-refractivity contribution in [1.29, 1.82) is 0 Å². The molecule has 0 bridgehead atoms. The normalized spacial score (nSPS) is 14.2. The van der Waals surface area contributed by atoms with E-state index >= 15 is 0 Å². The first-order chi connectivity index (χ1) is 14.3. The summed E-state index contributed by atoms with van der Waals surface area (Å²) in [6.45, 7) is 4.17. The Morgan fingerprint density at radius 1 is 0.966 bits per heavy atom. The van der Waals surface area contributed by atoms with E-state index in [1.165, 1.54) is 0 Å². The van der Waals surface area contributed by atoms with Crippen LogP contribution in [0.2, 0.25) is 0 Å². The number of carbonyl (C=O) groups excluding carboxylic acids is 1. The monoisotopic (exact) mass is 391 g/mol. The van der Waals surface area contributed by atoms with Crippen LogP contribution in [0, 0.1) is 0 Å². The maximum atomic E-state index is 12.5. The Hall–Kier alpha value is -3.19. The summed E-state index contributed by atoms with van der Waals surface area (Å²) in [4.78, 5) is 25.0. The van der Waals surface area contributed by atoms with E-state index in [1.54, 1.807) is 12.4 Å². The van der Waals surface area contributed by atoms with Crippen molar-refractivity contribution < 1.29 is 9.21 Å². The molecule has 4 rings (SSSR count). The van der Waals surface area contributed by atoms with Crippen molar-refractivity contribution in [2.45, 2.75) is 13.0 Å². The van der Waals surface area contributed by atoms with Crippen LogP contribution in [-0.4, -0.2) is 53.5 Å². The van der Waals surface area contributed by atoms with Crippen LogP contribution in [0.3, 0.4) is 0 Å². The number of piperazine rings is 1. The highest BCUT2D eigenvalue weighted by molar-refractivity contribution is 5.76. The lowest BCUT2D eigenvalue weighted by atomic mass is 10.2. The lowest BCUT2D eigenvalue weighted by Gasteiger charge is -2.34. The molecule has 1 aliphatic rings. The standard InChI is InChI=1S/C22H25N5O2/c28-21(26-13-15-27(16-14-26)22-24-10-4-11-25-22)9-12-23-17-19-7-8-20(29-19)18-5-2-1-3-6-18/h1-8,10-11,23H,9,12-17H2. The van der Waals surface area contributed by atoms with Gasteiger partial charge in [-0.3, -0.25) is 4.79 Å². The van der Waals surface area contributed by atoms with Gasteiger partial charge in [0.15, 0.2) is 0 Å². The first-order valence-corrected chi connectivity index (χ1v) is 9.94. The molecule has 1 saturated heterocycles. The van der Waals surface area contributed by atoms with E-state index in [4.69, 9.17) is 4.42 Å². The highest BCUT2D eigenvalue weighted by Gasteiger charge is 2.21. The van der Waals surface area contributed by atoms with Gasteiger partial charge >= 0.3 is 0 Å². The molecule has 7 heteroatoms. The number of rotatable bonds is 7. The fourth-order valence-electron chi connectivity index (χ4n) is 3.41. The number of hydrogen-bond donors (Lipinski definition) is 1. The number of aromatic nitrogens is 2. The predicted molar refractivity (Wildman–Crippen MR) is 111 cm³/mol. The summed E-state index contributed by atoms with van der Waals surface area (Å²) in [5, 5.41) is 3.30. The fourth-order valence-corrected chi connectivity index (χ4v) is 3.41. The van der Waals surface area contributed by atoms with E-state index in [0.717, 1.165) is 36.1 Å². The van der Waals surface area contributed by atoms with E-state index in [2.05, 4.69) is 20.2 Å². The van der Waals surface area contributed by atoms with Crippen molar-refractivity contribution in [2.75, 3.05) is 37.6 Å². The molecule has 1 N–H and O–H groups in total. The molecule has 1 fully saturated rings. The number of nitrogens with one attached hydrogen (secondary N) is 1. The van der Waals surface area contributed by atoms with E-state index in [9.17, 15) is 4.79 Å². The molecule has 0 unspecified atom stereocenters. The lowest BCUT2D eigenvalue weighted by Crippen LogP contribution is -2.49. The minimum Gasteiger partial charge on any atom is -0.460 e. The molecule has 2 aromatic heterocycles. The number of anilines is 1. The van der Waals surface area contributed by atoms with Crippen LogP contribution >= 0.6 is 0 Å². The van der Waals surface area contributed by atoms with Crippen molar-refractivity contribution in [3.63, 3.8) is 0 Å². The Bertz CT molecular complexity index is 905. The van der Waals surface area contributed by atoms with Crippen LogP contribution in [0.1, 0.15) is 12.2 Å². The first kappa shape index (κ1) is 19.1. The van der Waals surface area contributed by atoms with E-state index < -0.39 is 0 Å². The first-order valence-electron chi connectivity index (χ1n) is 9.94. The summed E-state index contributed by atoms with van der Waals surface area (Å²) < 4.78 is 5.87. The Balaban J connectivity index is 1.17. The largest absolute Gasteiger partial charge is 0.460 e. The molecule has 0 spiro atoms. The Morgan fingerprint density at radius 3 is 2.48 bits per heavy atom. The molecule has 1 aliphatic heterocycles. The van der Waals surface area contributed by atoms with Gasteiger partial charge < -0.3 is 19.5 Å². The van der Waals surface area contributed by atoms with Gasteiger partial charge in [0, 0.05) is 57.1 Å². The Labute approximate surface area is 170 Å². The molecule has 0 radical (unpaired) electrons. The molecule has 3 heterocycles. The minimum atomic E-state index is 0.176. The second kappa shape index (κ2) is 9.34. The third kappa shape index (κ3) is 5.00. The second-order valence-electron chi connectivity index (χ2n) is 6.98. The van der Waals surface area contributed by atoms with Gasteiger partial charge in [0.25, 0.3) is 0 Å². The number of nitrogens with zero attached hydrogens (tertiary/aromatic N) is 4. The van der Waals surface area contributed by atoms with Crippen LogP contribution in [0.5, 0.6) is 0 Å². The minimum absolute atomic E-state index is 0.176. The molecule has 29 heavy (non-hydrogen) atoms. The molecule has 150 valence electrons. The zero-order valence-corrected chi connectivity index (χ0v) is 16.3. The maximum Gasteiger partial charge on any atom is 0.225 e. The number of hydrogen-bond acceptors (Lipinski definition) is 6. The van der Waals surface area contributed by atoms with Gasteiger partial charge in [0.05, 0.1) is 6.54 Å². The average molecular weight is 391 g/mol. The Kier molecular flexibility index (Phi) is 6.16. The Morgan fingerprint density at radius 2 is 1.72 bits per heavy atom. The number of furan rings is 1. The summed E-state index contributed by atoms with van der Waals surface area (Å²) in [6.07, 6.45) is 3.97.